The van der Waals surface area contributed by atoms with Crippen molar-refractivity contribution in [2.45, 2.75) is 78.6 Å². The summed E-state index contributed by atoms with van der Waals surface area (Å²) in [6.07, 6.45) is 0. The first-order valence-electron chi connectivity index (χ1n) is 22.0. The van der Waals surface area contributed by atoms with Gasteiger partial charge in [-0.15, -0.1) is 0 Å². The van der Waals surface area contributed by atoms with E-state index in [9.17, 15) is 0 Å². The van der Waals surface area contributed by atoms with Crippen LogP contribution in [0.4, 0.5) is 34.1 Å². The van der Waals surface area contributed by atoms with E-state index in [0.717, 1.165) is 34.0 Å². The van der Waals surface area contributed by atoms with Crippen LogP contribution in [0, 0.1) is 6.92 Å². The molecule has 0 bridgehead atoms. The molecule has 0 spiro atoms. The zero-order valence-corrected chi connectivity index (χ0v) is 36.9. The van der Waals surface area contributed by atoms with Crippen molar-refractivity contribution < 1.29 is 9.47 Å². The zero-order chi connectivity index (χ0) is 42.2. The fourth-order valence-electron chi connectivity index (χ4n) is 10.6. The highest BCUT2D eigenvalue weighted by Crippen LogP contribution is 2.54. The Morgan fingerprint density at radius 3 is 1.84 bits per heavy atom. The smallest absolute Gasteiger partial charge is 0.252 e. The summed E-state index contributed by atoms with van der Waals surface area (Å²) >= 11 is 0. The lowest BCUT2D eigenvalue weighted by Gasteiger charge is -2.45. The van der Waals surface area contributed by atoms with Gasteiger partial charge in [-0.1, -0.05) is 140 Å². The van der Waals surface area contributed by atoms with E-state index in [0.29, 0.717) is 13.2 Å². The molecule has 7 aromatic rings. The molecule has 4 aliphatic rings. The number of benzene rings is 7. The van der Waals surface area contributed by atoms with Crippen LogP contribution in [0.1, 0.15) is 83.2 Å². The standard InChI is InChI=1S/C56H53BN2O2/c1-34-27-49-53-50(28-34)59(47-33-52-51(60-25-26-61-52)31-40(47)35-15-11-10-12-16-35)48-32-43-41(39-17-13-14-18-42(39)56(43,8)9)30-45(48)57(53)44-29-37(55(5,6)7)21-24-46(44)58(49)38-22-19-36(20-23-38)54(2,3)4/h10-24,27-33H,25-26H2,1-9H3. The van der Waals surface area contributed by atoms with Crippen molar-refractivity contribution in [1.29, 1.82) is 0 Å². The highest BCUT2D eigenvalue weighted by Gasteiger charge is 2.47. The first-order chi connectivity index (χ1) is 29.2. The summed E-state index contributed by atoms with van der Waals surface area (Å²) in [5.74, 6) is 1.56. The van der Waals surface area contributed by atoms with Crippen LogP contribution in [0.5, 0.6) is 11.5 Å². The van der Waals surface area contributed by atoms with E-state index in [2.05, 4.69) is 206 Å². The summed E-state index contributed by atoms with van der Waals surface area (Å²) in [4.78, 5) is 5.10. The van der Waals surface area contributed by atoms with Crippen LogP contribution >= 0.6 is 0 Å². The van der Waals surface area contributed by atoms with Crippen molar-refractivity contribution in [3.8, 4) is 33.8 Å². The lowest BCUT2D eigenvalue weighted by molar-refractivity contribution is 0.172. The second-order valence-electron chi connectivity index (χ2n) is 20.1. The van der Waals surface area contributed by atoms with Crippen molar-refractivity contribution in [2.75, 3.05) is 23.0 Å². The van der Waals surface area contributed by atoms with Crippen molar-refractivity contribution >= 4 is 57.2 Å². The second-order valence-corrected chi connectivity index (χ2v) is 20.1. The van der Waals surface area contributed by atoms with Crippen LogP contribution in [0.3, 0.4) is 0 Å². The van der Waals surface area contributed by atoms with E-state index in [1.54, 1.807) is 0 Å². The van der Waals surface area contributed by atoms with E-state index in [-0.39, 0.29) is 23.0 Å². The van der Waals surface area contributed by atoms with E-state index in [1.165, 1.54) is 78.1 Å². The van der Waals surface area contributed by atoms with Gasteiger partial charge in [0.1, 0.15) is 13.2 Å². The Labute approximate surface area is 361 Å². The third-order valence-electron chi connectivity index (χ3n) is 13.8. The minimum atomic E-state index is -0.181. The monoisotopic (exact) mass is 796 g/mol. The maximum absolute atomic E-state index is 6.41. The zero-order valence-electron chi connectivity index (χ0n) is 36.9. The fourth-order valence-corrected chi connectivity index (χ4v) is 10.6. The van der Waals surface area contributed by atoms with E-state index in [4.69, 9.17) is 9.47 Å². The van der Waals surface area contributed by atoms with Gasteiger partial charge in [0.05, 0.1) is 5.69 Å². The molecule has 0 unspecified atom stereocenters. The maximum Gasteiger partial charge on any atom is 0.252 e. The van der Waals surface area contributed by atoms with Crippen LogP contribution in [0.2, 0.25) is 0 Å². The van der Waals surface area contributed by atoms with Gasteiger partial charge in [0.15, 0.2) is 11.5 Å². The maximum atomic E-state index is 6.41. The minimum Gasteiger partial charge on any atom is -0.486 e. The number of hydrogen-bond donors (Lipinski definition) is 0. The summed E-state index contributed by atoms with van der Waals surface area (Å²) in [6.45, 7) is 21.9. The molecule has 0 N–H and O–H groups in total. The molecule has 5 heteroatoms. The van der Waals surface area contributed by atoms with Crippen LogP contribution in [0.25, 0.3) is 22.3 Å². The minimum absolute atomic E-state index is 0.0159. The molecule has 0 amide bonds. The molecule has 0 atom stereocenters. The molecular weight excluding hydrogens is 743 g/mol. The van der Waals surface area contributed by atoms with Crippen LogP contribution < -0.4 is 35.7 Å². The predicted molar refractivity (Wildman–Crippen MR) is 257 cm³/mol. The van der Waals surface area contributed by atoms with Crippen molar-refractivity contribution in [2.24, 2.45) is 0 Å². The third kappa shape index (κ3) is 5.73. The second kappa shape index (κ2) is 13.2. The number of ether oxygens (including phenoxy) is 2. The molecule has 302 valence electrons. The summed E-state index contributed by atoms with van der Waals surface area (Å²) in [5.41, 5.74) is 22.4. The normalized spacial score (nSPS) is 15.5. The lowest BCUT2D eigenvalue weighted by Crippen LogP contribution is -2.61. The SMILES string of the molecule is Cc1cc2c3c(c1)N(c1cc4c(cc1-c1ccccc1)OCCO4)c1cc4c(cc1B3c1cc(C(C)(C)C)ccc1N2c1ccc(C(C)(C)C)cc1)-c1ccccc1C4(C)C. The predicted octanol–water partition coefficient (Wildman–Crippen LogP) is 12.4. The Hall–Kier alpha value is -6.20. The van der Waals surface area contributed by atoms with Gasteiger partial charge in [0, 0.05) is 45.5 Å². The summed E-state index contributed by atoms with van der Waals surface area (Å²) in [6, 6.07) is 50.7. The molecule has 7 aromatic carbocycles. The number of aryl methyl sites for hydroxylation is 1. The molecule has 61 heavy (non-hydrogen) atoms. The molecule has 0 fully saturated rings. The third-order valence-corrected chi connectivity index (χ3v) is 13.8. The first kappa shape index (κ1) is 37.8. The van der Waals surface area contributed by atoms with Gasteiger partial charge in [0.25, 0.3) is 6.71 Å². The Bertz CT molecular complexity index is 2930. The lowest BCUT2D eigenvalue weighted by atomic mass is 9.33. The van der Waals surface area contributed by atoms with E-state index < -0.39 is 0 Å². The van der Waals surface area contributed by atoms with Crippen molar-refractivity contribution in [3.05, 3.63) is 161 Å². The van der Waals surface area contributed by atoms with E-state index in [1.807, 2.05) is 0 Å². The van der Waals surface area contributed by atoms with Gasteiger partial charge in [-0.2, -0.15) is 0 Å². The van der Waals surface area contributed by atoms with Gasteiger partial charge in [-0.3, -0.25) is 0 Å². The van der Waals surface area contributed by atoms with Crippen LogP contribution in [0.15, 0.2) is 133 Å². The average Bonchev–Trinajstić information content (AvgIpc) is 3.46. The molecular formula is C56H53BN2O2. The molecule has 0 aromatic heterocycles. The molecule has 0 saturated heterocycles. The van der Waals surface area contributed by atoms with Gasteiger partial charge in [-0.25, -0.2) is 0 Å². The van der Waals surface area contributed by atoms with Gasteiger partial charge in [-0.05, 0) is 121 Å². The molecule has 0 radical (unpaired) electrons. The number of rotatable bonds is 3. The summed E-state index contributed by atoms with van der Waals surface area (Å²) in [7, 11) is 0. The van der Waals surface area contributed by atoms with Gasteiger partial charge in [0.2, 0.25) is 0 Å². The molecule has 3 aliphatic heterocycles. The fraction of sp³-hybridized carbons (Fsp3) is 0.250. The Kier molecular flexibility index (Phi) is 8.15. The molecule has 11 rings (SSSR count). The Morgan fingerprint density at radius 2 is 1.13 bits per heavy atom. The Balaban J connectivity index is 1.27. The van der Waals surface area contributed by atoms with Gasteiger partial charge >= 0.3 is 0 Å². The summed E-state index contributed by atoms with van der Waals surface area (Å²) < 4.78 is 12.7. The number of fused-ring (bicyclic) bond motifs is 8. The topological polar surface area (TPSA) is 24.9 Å². The average molecular weight is 797 g/mol. The van der Waals surface area contributed by atoms with E-state index >= 15 is 0 Å². The molecule has 4 nitrogen and oxygen atoms in total. The Morgan fingerprint density at radius 1 is 0.508 bits per heavy atom. The number of nitrogens with zero attached hydrogens (tertiary/aromatic N) is 2. The highest BCUT2D eigenvalue weighted by molar-refractivity contribution is 7.00. The number of anilines is 6. The quantitative estimate of drug-likeness (QED) is 0.166. The summed E-state index contributed by atoms with van der Waals surface area (Å²) in [5, 5.41) is 0. The molecule has 3 heterocycles. The largest absolute Gasteiger partial charge is 0.486 e. The number of hydrogen-bond acceptors (Lipinski definition) is 4. The van der Waals surface area contributed by atoms with Crippen molar-refractivity contribution in [1.82, 2.24) is 0 Å². The first-order valence-corrected chi connectivity index (χ1v) is 22.0. The van der Waals surface area contributed by atoms with Crippen LogP contribution in [-0.4, -0.2) is 19.9 Å². The van der Waals surface area contributed by atoms with Gasteiger partial charge < -0.3 is 19.3 Å². The highest BCUT2D eigenvalue weighted by atomic mass is 16.6. The molecule has 1 aliphatic carbocycles. The van der Waals surface area contributed by atoms with Crippen LogP contribution in [-0.2, 0) is 16.2 Å². The molecule has 0 saturated carbocycles. The van der Waals surface area contributed by atoms with Crippen molar-refractivity contribution in [3.63, 3.8) is 0 Å².